The minimum atomic E-state index is -4.80. The van der Waals surface area contributed by atoms with Gasteiger partial charge in [-0.05, 0) is 30.3 Å². The van der Waals surface area contributed by atoms with Crippen LogP contribution in [0.25, 0.3) is 16.6 Å². The maximum Gasteiger partial charge on any atom is 0.573 e. The maximum absolute atomic E-state index is 12.2. The van der Waals surface area contributed by atoms with E-state index >= 15 is 0 Å². The van der Waals surface area contributed by atoms with E-state index in [2.05, 4.69) is 9.72 Å². The molecule has 2 aromatic heterocycles. The first-order chi connectivity index (χ1) is 9.44. The fraction of sp³-hybridized carbons (Fsp3) is 0.0769. The highest BCUT2D eigenvalue weighted by atomic mass is 19.4. The number of rotatable bonds is 1. The summed E-state index contributed by atoms with van der Waals surface area (Å²) in [6, 6.07) is 8.48. The van der Waals surface area contributed by atoms with Crippen LogP contribution in [0.1, 0.15) is 0 Å². The average molecular weight is 280 g/mol. The van der Waals surface area contributed by atoms with E-state index in [-0.39, 0.29) is 5.39 Å². The van der Waals surface area contributed by atoms with Crippen molar-refractivity contribution in [2.75, 3.05) is 0 Å². The van der Waals surface area contributed by atoms with Crippen LogP contribution in [-0.4, -0.2) is 15.7 Å². The van der Waals surface area contributed by atoms with Gasteiger partial charge in [-0.1, -0.05) is 6.07 Å². The number of aromatic nitrogens is 2. The van der Waals surface area contributed by atoms with Crippen molar-refractivity contribution in [2.24, 2.45) is 0 Å². The molecule has 20 heavy (non-hydrogen) atoms. The third kappa shape index (κ3) is 2.18. The summed E-state index contributed by atoms with van der Waals surface area (Å²) in [6.07, 6.45) is -3.30. The molecule has 0 amide bonds. The summed E-state index contributed by atoms with van der Waals surface area (Å²) in [5, 5.41) is 0.0652. The van der Waals surface area contributed by atoms with E-state index in [1.54, 1.807) is 18.2 Å². The number of hydrogen-bond acceptors (Lipinski definition) is 3. The topological polar surface area (TPSA) is 43.6 Å². The SMILES string of the molecule is O=c1c2cc(OC(F)(F)F)ccc2nc2ccccn12. The lowest BCUT2D eigenvalue weighted by Gasteiger charge is -2.09. The van der Waals surface area contributed by atoms with Crippen LogP contribution in [0, 0.1) is 0 Å². The molecule has 0 aliphatic carbocycles. The van der Waals surface area contributed by atoms with Crippen molar-refractivity contribution < 1.29 is 17.9 Å². The van der Waals surface area contributed by atoms with Gasteiger partial charge in [0, 0.05) is 6.20 Å². The van der Waals surface area contributed by atoms with Crippen molar-refractivity contribution in [1.82, 2.24) is 9.38 Å². The zero-order chi connectivity index (χ0) is 14.3. The monoisotopic (exact) mass is 280 g/mol. The molecule has 0 aliphatic heterocycles. The highest BCUT2D eigenvalue weighted by Crippen LogP contribution is 2.24. The molecule has 102 valence electrons. The van der Waals surface area contributed by atoms with E-state index in [0.717, 1.165) is 12.1 Å². The van der Waals surface area contributed by atoms with Crippen LogP contribution in [0.5, 0.6) is 5.75 Å². The largest absolute Gasteiger partial charge is 0.573 e. The number of fused-ring (bicyclic) bond motifs is 2. The highest BCUT2D eigenvalue weighted by molar-refractivity contribution is 5.81. The molecule has 3 rings (SSSR count). The summed E-state index contributed by atoms with van der Waals surface area (Å²) in [6.45, 7) is 0. The Morgan fingerprint density at radius 2 is 1.95 bits per heavy atom. The fourth-order valence-electron chi connectivity index (χ4n) is 1.93. The van der Waals surface area contributed by atoms with Gasteiger partial charge in [0.25, 0.3) is 5.56 Å². The average Bonchev–Trinajstić information content (AvgIpc) is 2.38. The smallest absolute Gasteiger partial charge is 0.406 e. The first-order valence-electron chi connectivity index (χ1n) is 5.61. The number of halogens is 3. The molecule has 0 aliphatic rings. The van der Waals surface area contributed by atoms with Gasteiger partial charge in [-0.3, -0.25) is 9.20 Å². The van der Waals surface area contributed by atoms with Gasteiger partial charge in [0.2, 0.25) is 0 Å². The molecule has 2 heterocycles. The van der Waals surface area contributed by atoms with Crippen LogP contribution in [0.15, 0.2) is 47.4 Å². The summed E-state index contributed by atoms with van der Waals surface area (Å²) in [4.78, 5) is 16.4. The lowest BCUT2D eigenvalue weighted by atomic mass is 10.2. The van der Waals surface area contributed by atoms with Crippen LogP contribution in [0.3, 0.4) is 0 Å². The molecule has 0 saturated heterocycles. The highest BCUT2D eigenvalue weighted by Gasteiger charge is 2.31. The fourth-order valence-corrected chi connectivity index (χ4v) is 1.93. The Hall–Kier alpha value is -2.57. The van der Waals surface area contributed by atoms with Gasteiger partial charge in [0.1, 0.15) is 11.4 Å². The third-order valence-electron chi connectivity index (χ3n) is 2.72. The molecule has 4 nitrogen and oxygen atoms in total. The summed E-state index contributed by atoms with van der Waals surface area (Å²) < 4.78 is 41.6. The number of hydrogen-bond donors (Lipinski definition) is 0. The molecular formula is C13H7F3N2O2. The second-order valence-corrected chi connectivity index (χ2v) is 4.07. The minimum absolute atomic E-state index is 0.0652. The molecule has 0 spiro atoms. The van der Waals surface area contributed by atoms with Crippen molar-refractivity contribution in [3.8, 4) is 5.75 Å². The molecule has 0 N–H and O–H groups in total. The molecule has 3 aromatic rings. The summed E-state index contributed by atoms with van der Waals surface area (Å²) >= 11 is 0. The summed E-state index contributed by atoms with van der Waals surface area (Å²) in [5.41, 5.74) is 0.295. The summed E-state index contributed by atoms with van der Waals surface area (Å²) in [7, 11) is 0. The van der Waals surface area contributed by atoms with Gasteiger partial charge in [0.05, 0.1) is 10.9 Å². The van der Waals surface area contributed by atoms with E-state index in [4.69, 9.17) is 0 Å². The van der Waals surface area contributed by atoms with Gasteiger partial charge in [-0.15, -0.1) is 13.2 Å². The van der Waals surface area contributed by atoms with Crippen molar-refractivity contribution in [3.63, 3.8) is 0 Å². The maximum atomic E-state index is 12.2. The molecular weight excluding hydrogens is 273 g/mol. The lowest BCUT2D eigenvalue weighted by molar-refractivity contribution is -0.274. The first-order valence-corrected chi connectivity index (χ1v) is 5.61. The molecule has 0 fully saturated rings. The first kappa shape index (κ1) is 12.5. The van der Waals surface area contributed by atoms with Gasteiger partial charge in [0.15, 0.2) is 0 Å². The molecule has 1 aromatic carbocycles. The Bertz CT molecular complexity index is 855. The Morgan fingerprint density at radius 1 is 1.15 bits per heavy atom. The van der Waals surface area contributed by atoms with Crippen LogP contribution in [0.4, 0.5) is 13.2 Å². The number of ether oxygens (including phenoxy) is 1. The second kappa shape index (κ2) is 4.22. The quantitative estimate of drug-likeness (QED) is 0.644. The minimum Gasteiger partial charge on any atom is -0.406 e. The predicted octanol–water partition coefficient (Wildman–Crippen LogP) is 2.75. The van der Waals surface area contributed by atoms with Crippen LogP contribution in [-0.2, 0) is 0 Å². The molecule has 0 radical (unpaired) electrons. The van der Waals surface area contributed by atoms with E-state index < -0.39 is 17.7 Å². The Morgan fingerprint density at radius 3 is 2.70 bits per heavy atom. The van der Waals surface area contributed by atoms with Crippen molar-refractivity contribution >= 4 is 16.6 Å². The number of pyridine rings is 1. The zero-order valence-electron chi connectivity index (χ0n) is 9.89. The molecule has 0 atom stereocenters. The zero-order valence-corrected chi connectivity index (χ0v) is 9.89. The van der Waals surface area contributed by atoms with Gasteiger partial charge in [-0.2, -0.15) is 0 Å². The van der Waals surface area contributed by atoms with E-state index in [9.17, 15) is 18.0 Å². The number of nitrogens with zero attached hydrogens (tertiary/aromatic N) is 2. The summed E-state index contributed by atoms with van der Waals surface area (Å²) in [5.74, 6) is -0.445. The van der Waals surface area contributed by atoms with Crippen LogP contribution >= 0.6 is 0 Å². The van der Waals surface area contributed by atoms with Crippen LogP contribution < -0.4 is 10.3 Å². The van der Waals surface area contributed by atoms with E-state index in [1.165, 1.54) is 16.7 Å². The second-order valence-electron chi connectivity index (χ2n) is 4.07. The molecule has 7 heteroatoms. The Kier molecular flexibility index (Phi) is 2.63. The van der Waals surface area contributed by atoms with Crippen molar-refractivity contribution in [1.29, 1.82) is 0 Å². The van der Waals surface area contributed by atoms with Crippen LogP contribution in [0.2, 0.25) is 0 Å². The van der Waals surface area contributed by atoms with Gasteiger partial charge < -0.3 is 4.74 Å². The third-order valence-corrected chi connectivity index (χ3v) is 2.72. The number of alkyl halides is 3. The molecule has 0 saturated carbocycles. The molecule has 0 unspecified atom stereocenters. The lowest BCUT2D eigenvalue weighted by Crippen LogP contribution is -2.18. The normalized spacial score (nSPS) is 11.9. The number of benzene rings is 1. The van der Waals surface area contributed by atoms with E-state index in [1.807, 2.05) is 0 Å². The van der Waals surface area contributed by atoms with E-state index in [0.29, 0.717) is 11.2 Å². The van der Waals surface area contributed by atoms with Gasteiger partial charge >= 0.3 is 6.36 Å². The predicted molar refractivity (Wildman–Crippen MR) is 65.7 cm³/mol. The Labute approximate surface area is 110 Å². The van der Waals surface area contributed by atoms with Crippen molar-refractivity contribution in [3.05, 3.63) is 52.9 Å². The Balaban J connectivity index is 2.26. The van der Waals surface area contributed by atoms with Crippen molar-refractivity contribution in [2.45, 2.75) is 6.36 Å². The van der Waals surface area contributed by atoms with Gasteiger partial charge in [-0.25, -0.2) is 4.98 Å². The molecule has 0 bridgehead atoms. The standard InChI is InChI=1S/C13H7F3N2O2/c14-13(15,16)20-8-4-5-10-9(7-8)12(19)18-6-2-1-3-11(18)17-10/h1-7H.